The van der Waals surface area contributed by atoms with Gasteiger partial charge >= 0.3 is 5.57 Å². The van der Waals surface area contributed by atoms with E-state index in [2.05, 4.69) is 72.7 Å². The largest absolute Gasteiger partial charge is 0.315 e. The molecule has 0 unspecified atom stereocenters. The molecule has 0 saturated carbocycles. The summed E-state index contributed by atoms with van der Waals surface area (Å²) < 4.78 is 9.31. The zero-order valence-electron chi connectivity index (χ0n) is 13.1. The molecule has 0 amide bonds. The second kappa shape index (κ2) is 6.98. The van der Waals surface area contributed by atoms with Crippen LogP contribution in [0.2, 0.25) is 0 Å². The summed E-state index contributed by atoms with van der Waals surface area (Å²) in [5, 5.41) is 0. The third kappa shape index (κ3) is 2.94. The molecule has 0 fully saturated rings. The molecular weight excluding hydrogens is 275 g/mol. The Morgan fingerprint density at radius 2 is 1.53 bits per heavy atom. The molecule has 0 aliphatic heterocycles. The lowest BCUT2D eigenvalue weighted by Crippen LogP contribution is -2.52. The van der Waals surface area contributed by atoms with Gasteiger partial charge in [-0.1, -0.05) is 39.5 Å². The second-order valence-corrected chi connectivity index (χ2v) is 8.79. The number of hydrogen-bond donors (Lipinski definition) is 0. The van der Waals surface area contributed by atoms with Gasteiger partial charge in [0.1, 0.15) is 12.4 Å². The molecule has 0 aliphatic rings. The fourth-order valence-electron chi connectivity index (χ4n) is 2.64. The summed E-state index contributed by atoms with van der Waals surface area (Å²) in [5.74, 6) is 0. The maximum atomic E-state index is 6.26. The average Bonchev–Trinajstić information content (AvgIpc) is 2.72. The molecule has 0 spiro atoms. The van der Waals surface area contributed by atoms with Crippen LogP contribution in [0.4, 0.5) is 0 Å². The topological polar surface area (TPSA) is 15.3 Å². The van der Waals surface area contributed by atoms with Crippen molar-refractivity contribution in [1.29, 1.82) is 0 Å². The summed E-state index contributed by atoms with van der Waals surface area (Å²) in [6.07, 6.45) is 2.31. The van der Waals surface area contributed by atoms with E-state index < -0.39 is 6.34 Å². The fourth-order valence-corrected chi connectivity index (χ4v) is 8.15. The van der Waals surface area contributed by atoms with Crippen molar-refractivity contribution >= 4 is 23.7 Å². The number of nitrogens with zero attached hydrogens (tertiary/aromatic N) is 4. The van der Waals surface area contributed by atoms with E-state index in [4.69, 9.17) is 11.8 Å². The molecule has 1 aromatic heterocycles. The molecule has 0 atom stereocenters. The van der Waals surface area contributed by atoms with E-state index in [0.29, 0.717) is 0 Å². The van der Waals surface area contributed by atoms with Gasteiger partial charge in [0, 0.05) is 26.2 Å². The highest BCUT2D eigenvalue weighted by Crippen LogP contribution is 2.50. The molecule has 0 bridgehead atoms. The molecular formula is C13H28N4PS+. The van der Waals surface area contributed by atoms with Crippen LogP contribution < -0.4 is 10.1 Å². The van der Waals surface area contributed by atoms with Crippen molar-refractivity contribution in [2.75, 3.05) is 26.2 Å². The molecule has 19 heavy (non-hydrogen) atoms. The predicted molar refractivity (Wildman–Crippen MR) is 86.4 cm³/mol. The van der Waals surface area contributed by atoms with Crippen LogP contribution in [0, 0.1) is 0 Å². The van der Waals surface area contributed by atoms with Crippen LogP contribution >= 0.6 is 6.34 Å². The van der Waals surface area contributed by atoms with Gasteiger partial charge in [-0.05, 0) is 0 Å². The summed E-state index contributed by atoms with van der Waals surface area (Å²) in [5.41, 5.74) is 1.26. The zero-order chi connectivity index (χ0) is 14.6. The highest BCUT2D eigenvalue weighted by atomic mass is 32.4. The maximum absolute atomic E-state index is 6.26. The Kier molecular flexibility index (Phi) is 6.18. The van der Waals surface area contributed by atoms with E-state index in [1.54, 1.807) is 0 Å². The Bertz CT molecular complexity index is 414. The van der Waals surface area contributed by atoms with Crippen LogP contribution in [0.3, 0.4) is 0 Å². The molecule has 0 aliphatic carbocycles. The number of imidazole rings is 1. The van der Waals surface area contributed by atoms with E-state index in [-0.39, 0.29) is 0 Å². The van der Waals surface area contributed by atoms with Crippen LogP contribution in [0.25, 0.3) is 0 Å². The lowest BCUT2D eigenvalue weighted by atomic mass is 10.7. The van der Waals surface area contributed by atoms with Crippen molar-refractivity contribution < 1.29 is 4.57 Å². The fraction of sp³-hybridized carbons (Fsp3) is 0.769. The van der Waals surface area contributed by atoms with Crippen LogP contribution in [0.5, 0.6) is 0 Å². The SMILES string of the molecule is CCN(CC)P(=S)(c1n(C)cc[n+]1C)N(CC)CC. The normalized spacial score (nSPS) is 12.6. The van der Waals surface area contributed by atoms with Crippen LogP contribution in [-0.2, 0) is 25.9 Å². The second-order valence-electron chi connectivity index (χ2n) is 4.64. The molecule has 1 aromatic rings. The third-order valence-corrected chi connectivity index (χ3v) is 9.32. The molecule has 0 N–H and O–H groups in total. The number of hydrogen-bond acceptors (Lipinski definition) is 1. The first kappa shape index (κ1) is 16.8. The zero-order valence-corrected chi connectivity index (χ0v) is 14.8. The molecule has 0 aromatic carbocycles. The average molecular weight is 303 g/mol. The molecule has 6 heteroatoms. The van der Waals surface area contributed by atoms with E-state index in [0.717, 1.165) is 26.2 Å². The van der Waals surface area contributed by atoms with Gasteiger partial charge in [-0.2, -0.15) is 0 Å². The Balaban J connectivity index is 3.47. The smallest absolute Gasteiger partial charge is 0.255 e. The minimum atomic E-state index is -1.89. The first-order valence-electron chi connectivity index (χ1n) is 7.09. The van der Waals surface area contributed by atoms with Gasteiger partial charge in [0.25, 0.3) is 0 Å². The lowest BCUT2D eigenvalue weighted by Gasteiger charge is -2.38. The van der Waals surface area contributed by atoms with Gasteiger partial charge in [0.15, 0.2) is 6.34 Å². The lowest BCUT2D eigenvalue weighted by molar-refractivity contribution is -0.652. The van der Waals surface area contributed by atoms with Gasteiger partial charge in [-0.15, -0.1) is 0 Å². The number of aromatic nitrogens is 2. The van der Waals surface area contributed by atoms with E-state index in [1.807, 2.05) is 0 Å². The summed E-state index contributed by atoms with van der Waals surface area (Å²) in [4.78, 5) is 0. The Morgan fingerprint density at radius 1 is 1.11 bits per heavy atom. The Labute approximate surface area is 123 Å². The van der Waals surface area contributed by atoms with Gasteiger partial charge < -0.3 is 0 Å². The molecule has 1 heterocycles. The first-order chi connectivity index (χ1) is 8.97. The van der Waals surface area contributed by atoms with Gasteiger partial charge in [-0.3, -0.25) is 9.34 Å². The summed E-state index contributed by atoms with van der Waals surface area (Å²) in [6, 6.07) is 0. The number of aryl methyl sites for hydroxylation is 2. The first-order valence-corrected chi connectivity index (χ1v) is 9.80. The van der Waals surface area contributed by atoms with Gasteiger partial charge in [0.05, 0.1) is 14.1 Å². The Morgan fingerprint density at radius 3 is 1.79 bits per heavy atom. The van der Waals surface area contributed by atoms with Crippen molar-refractivity contribution in [2.45, 2.75) is 27.7 Å². The standard InChI is InChI=1S/C13H28N4PS/c1-7-16(8-2)18(19,17(9-3)10-4)13-14(5)11-12-15(13)6/h11-12H,7-10H2,1-6H3/q+1. The minimum Gasteiger partial charge on any atom is -0.255 e. The van der Waals surface area contributed by atoms with Gasteiger partial charge in [0.2, 0.25) is 0 Å². The molecule has 110 valence electrons. The maximum Gasteiger partial charge on any atom is 0.315 e. The summed E-state index contributed by atoms with van der Waals surface area (Å²) in [6.45, 7) is 12.8. The summed E-state index contributed by atoms with van der Waals surface area (Å²) in [7, 11) is 4.20. The molecule has 0 radical (unpaired) electrons. The van der Waals surface area contributed by atoms with Gasteiger partial charge in [-0.25, -0.2) is 9.13 Å². The van der Waals surface area contributed by atoms with Crippen molar-refractivity contribution in [1.82, 2.24) is 13.9 Å². The predicted octanol–water partition coefficient (Wildman–Crippen LogP) is 1.47. The highest BCUT2D eigenvalue weighted by molar-refractivity contribution is 8.15. The van der Waals surface area contributed by atoms with E-state index in [1.165, 1.54) is 5.57 Å². The molecule has 1 rings (SSSR count). The van der Waals surface area contributed by atoms with Crippen LogP contribution in [0.15, 0.2) is 12.4 Å². The highest BCUT2D eigenvalue weighted by Gasteiger charge is 2.40. The third-order valence-electron chi connectivity index (χ3n) is 3.63. The van der Waals surface area contributed by atoms with Crippen molar-refractivity contribution in [3.05, 3.63) is 12.4 Å². The summed E-state index contributed by atoms with van der Waals surface area (Å²) >= 11 is 6.26. The Hall–Kier alpha value is -0.220. The van der Waals surface area contributed by atoms with E-state index in [9.17, 15) is 0 Å². The molecule has 4 nitrogen and oxygen atoms in total. The monoisotopic (exact) mass is 303 g/mol. The number of rotatable bonds is 7. The van der Waals surface area contributed by atoms with E-state index >= 15 is 0 Å². The van der Waals surface area contributed by atoms with Crippen molar-refractivity contribution in [2.24, 2.45) is 14.1 Å². The quantitative estimate of drug-likeness (QED) is 0.560. The van der Waals surface area contributed by atoms with Crippen LogP contribution in [0.1, 0.15) is 27.7 Å². The van der Waals surface area contributed by atoms with Crippen molar-refractivity contribution in [3.8, 4) is 0 Å². The van der Waals surface area contributed by atoms with Crippen molar-refractivity contribution in [3.63, 3.8) is 0 Å². The van der Waals surface area contributed by atoms with Crippen LogP contribution in [-0.4, -0.2) is 40.1 Å². The molecule has 0 saturated heterocycles. The minimum absolute atomic E-state index is 0.995.